The van der Waals surface area contributed by atoms with Crippen LogP contribution in [-0.2, 0) is 16.2 Å². The summed E-state index contributed by atoms with van der Waals surface area (Å²) in [5.41, 5.74) is 18.4. The van der Waals surface area contributed by atoms with E-state index in [4.69, 9.17) is 4.42 Å². The number of allylic oxidation sites excluding steroid dienone is 1. The van der Waals surface area contributed by atoms with Crippen LogP contribution in [-0.4, -0.2) is 8.80 Å². The third-order valence-corrected chi connectivity index (χ3v) is 15.8. The Morgan fingerprint density at radius 1 is 0.515 bits per heavy atom. The van der Waals surface area contributed by atoms with Gasteiger partial charge in [0.25, 0.3) is 0 Å². The van der Waals surface area contributed by atoms with Crippen molar-refractivity contribution in [3.8, 4) is 0 Å². The van der Waals surface area contributed by atoms with Crippen LogP contribution in [0.4, 0.5) is 17.1 Å². The molecule has 0 spiro atoms. The minimum absolute atomic E-state index is 0.0196. The number of para-hydroxylation sites is 1. The highest BCUT2D eigenvalue weighted by Crippen LogP contribution is 2.50. The summed E-state index contributed by atoms with van der Waals surface area (Å²) in [4.78, 5) is 2.43. The van der Waals surface area contributed by atoms with Gasteiger partial charge in [-0.2, -0.15) is 0 Å². The van der Waals surface area contributed by atoms with E-state index in [9.17, 15) is 0 Å². The molecule has 1 aliphatic rings. The molecule has 0 saturated carbocycles. The molecule has 5 aromatic heterocycles. The van der Waals surface area contributed by atoms with Crippen LogP contribution in [0.2, 0.25) is 0 Å². The Morgan fingerprint density at radius 3 is 1.63 bits per heavy atom. The molecule has 12 aromatic rings. The summed E-state index contributed by atoms with van der Waals surface area (Å²) in [6.07, 6.45) is 5.54. The molecule has 5 heterocycles. The van der Waals surface area contributed by atoms with E-state index in [0.717, 1.165) is 40.2 Å². The zero-order valence-corrected chi connectivity index (χ0v) is 41.7. The predicted molar refractivity (Wildman–Crippen MR) is 292 cm³/mol. The summed E-state index contributed by atoms with van der Waals surface area (Å²) in [5, 5.41) is 11.7. The van der Waals surface area contributed by atoms with E-state index in [2.05, 4.69) is 224 Å². The first-order valence-corrected chi connectivity index (χ1v) is 24.9. The highest BCUT2D eigenvalue weighted by atomic mass is 16.3. The molecule has 0 amide bonds. The van der Waals surface area contributed by atoms with Gasteiger partial charge in [0.05, 0.1) is 38.8 Å². The van der Waals surface area contributed by atoms with Gasteiger partial charge in [0.2, 0.25) is 0 Å². The molecular weight excluding hydrogens is 827 g/mol. The largest absolute Gasteiger partial charge is 0.458 e. The summed E-state index contributed by atoms with van der Waals surface area (Å²) < 4.78 is 12.1. The van der Waals surface area contributed by atoms with Gasteiger partial charge >= 0.3 is 0 Å². The average molecular weight is 888 g/mol. The third kappa shape index (κ3) is 5.73. The second kappa shape index (κ2) is 13.7. The van der Waals surface area contributed by atoms with Crippen LogP contribution in [0.5, 0.6) is 0 Å². The number of aromatic nitrogens is 2. The molecule has 13 rings (SSSR count). The van der Waals surface area contributed by atoms with E-state index >= 15 is 0 Å². The number of hydrogen-bond donors (Lipinski definition) is 0. The molecule has 338 valence electrons. The van der Waals surface area contributed by atoms with E-state index < -0.39 is 0 Å². The zero-order valence-electron chi connectivity index (χ0n) is 41.7. The second-order valence-electron chi connectivity index (χ2n) is 23.7. The van der Waals surface area contributed by atoms with E-state index in [1.165, 1.54) is 104 Å². The molecule has 68 heavy (non-hydrogen) atoms. The number of nitrogens with zero attached hydrogens (tertiary/aromatic N) is 3. The van der Waals surface area contributed by atoms with Gasteiger partial charge in [-0.3, -0.25) is 0 Å². The van der Waals surface area contributed by atoms with Crippen LogP contribution in [0.25, 0.3) is 93.2 Å². The van der Waals surface area contributed by atoms with Crippen molar-refractivity contribution in [3.63, 3.8) is 0 Å². The van der Waals surface area contributed by atoms with Crippen LogP contribution in [0, 0.1) is 0 Å². The molecule has 0 fully saturated rings. The molecule has 0 saturated heterocycles. The molecular formula is C64H61N3O. The smallest absolute Gasteiger partial charge is 0.158 e. The lowest BCUT2D eigenvalue weighted by atomic mass is 9.84. The molecule has 4 heteroatoms. The maximum atomic E-state index is 6.96. The fourth-order valence-electron chi connectivity index (χ4n) is 11.8. The summed E-state index contributed by atoms with van der Waals surface area (Å²) in [5.74, 6) is 1.84. The monoisotopic (exact) mass is 887 g/mol. The Labute approximate surface area is 399 Å². The molecule has 4 nitrogen and oxygen atoms in total. The maximum Gasteiger partial charge on any atom is 0.158 e. The van der Waals surface area contributed by atoms with E-state index in [0.29, 0.717) is 11.8 Å². The first-order chi connectivity index (χ1) is 32.3. The lowest BCUT2D eigenvalue weighted by Gasteiger charge is -2.26. The molecule has 0 N–H and O–H groups in total. The van der Waals surface area contributed by atoms with Gasteiger partial charge in [0, 0.05) is 71.3 Å². The van der Waals surface area contributed by atoms with Crippen LogP contribution in [0.15, 0.2) is 126 Å². The Kier molecular flexibility index (Phi) is 8.33. The van der Waals surface area contributed by atoms with E-state index in [1.54, 1.807) is 0 Å². The predicted octanol–water partition coefficient (Wildman–Crippen LogP) is 18.7. The lowest BCUT2D eigenvalue weighted by Crippen LogP contribution is -2.11. The van der Waals surface area contributed by atoms with E-state index in [-0.39, 0.29) is 16.2 Å². The van der Waals surface area contributed by atoms with Gasteiger partial charge in [0.15, 0.2) is 5.58 Å². The minimum atomic E-state index is -0.0434. The Balaban J connectivity index is 1.14. The molecule has 0 bridgehead atoms. The lowest BCUT2D eigenvalue weighted by molar-refractivity contribution is 0.504. The Bertz CT molecular complexity index is 4090. The fourth-order valence-corrected chi connectivity index (χ4v) is 11.8. The molecule has 1 aliphatic carbocycles. The van der Waals surface area contributed by atoms with Crippen molar-refractivity contribution in [2.75, 3.05) is 4.90 Å². The van der Waals surface area contributed by atoms with Crippen molar-refractivity contribution < 1.29 is 4.42 Å². The first-order valence-electron chi connectivity index (χ1n) is 24.9. The summed E-state index contributed by atoms with van der Waals surface area (Å²) in [6, 6.07) is 45.2. The second-order valence-corrected chi connectivity index (χ2v) is 23.7. The quantitative estimate of drug-likeness (QED) is 0.176. The van der Waals surface area contributed by atoms with Crippen molar-refractivity contribution in [1.29, 1.82) is 0 Å². The Hall–Kier alpha value is -6.78. The van der Waals surface area contributed by atoms with Gasteiger partial charge in [0.1, 0.15) is 5.76 Å². The van der Waals surface area contributed by atoms with Crippen molar-refractivity contribution in [2.24, 2.45) is 0 Å². The van der Waals surface area contributed by atoms with Gasteiger partial charge in [-0.25, -0.2) is 0 Å². The van der Waals surface area contributed by atoms with Gasteiger partial charge in [-0.15, -0.1) is 0 Å². The molecule has 0 radical (unpaired) electrons. The summed E-state index contributed by atoms with van der Waals surface area (Å²) >= 11 is 0. The van der Waals surface area contributed by atoms with Crippen LogP contribution >= 0.6 is 0 Å². The molecule has 1 unspecified atom stereocenters. The molecule has 7 aromatic carbocycles. The Morgan fingerprint density at radius 2 is 1.04 bits per heavy atom. The van der Waals surface area contributed by atoms with E-state index in [1.807, 2.05) is 0 Å². The minimum Gasteiger partial charge on any atom is -0.458 e. The van der Waals surface area contributed by atoms with Crippen LogP contribution in [0.1, 0.15) is 135 Å². The summed E-state index contributed by atoms with van der Waals surface area (Å²) in [6.45, 7) is 27.9. The topological polar surface area (TPSA) is 25.2 Å². The van der Waals surface area contributed by atoms with Gasteiger partial charge in [-0.1, -0.05) is 132 Å². The van der Waals surface area contributed by atoms with Crippen molar-refractivity contribution >= 4 is 110 Å². The molecule has 0 aliphatic heterocycles. The highest BCUT2D eigenvalue weighted by molar-refractivity contribution is 6.29. The highest BCUT2D eigenvalue weighted by Gasteiger charge is 2.29. The molecule has 1 atom stereocenters. The van der Waals surface area contributed by atoms with Crippen molar-refractivity contribution in [1.82, 2.24) is 8.80 Å². The summed E-state index contributed by atoms with van der Waals surface area (Å²) in [7, 11) is 0. The van der Waals surface area contributed by atoms with Gasteiger partial charge < -0.3 is 18.1 Å². The van der Waals surface area contributed by atoms with Crippen molar-refractivity contribution in [3.05, 3.63) is 155 Å². The maximum absolute atomic E-state index is 6.96. The number of furan rings is 1. The fraction of sp³-hybridized carbons (Fsp3) is 0.281. The van der Waals surface area contributed by atoms with Crippen LogP contribution in [0.3, 0.4) is 0 Å². The van der Waals surface area contributed by atoms with Crippen molar-refractivity contribution in [2.45, 2.75) is 118 Å². The number of anilines is 3. The zero-order chi connectivity index (χ0) is 47.1. The third-order valence-electron chi connectivity index (χ3n) is 15.8. The van der Waals surface area contributed by atoms with Crippen LogP contribution < -0.4 is 4.90 Å². The standard InChI is InChI=1S/C64H61N3O/c1-35(2)37-19-22-41(23-20-37)65(54-18-14-17-45-44-16-13-15-36(3)60(44)68-61(45)54)42-24-25-43-49-28-39(63(7,8)9)30-51-48-33-56-47(34-57(48)67(58(49)51)55(43)32-42)52-31-40(64(10,11)12)29-50-46-27-38(62(4,5)6)21-26-53(46)66(56)59(50)52/h13-14,16-36H,15H2,1-12H3. The number of fused-ring (bicyclic) bond motifs is 15. The normalized spacial score (nSPS) is 15.2. The number of hydrogen-bond acceptors (Lipinski definition) is 2. The van der Waals surface area contributed by atoms with Gasteiger partial charge in [-0.05, 0) is 130 Å². The SMILES string of the molecule is CC(C)c1ccc(N(c2ccc3c4cc(C(C)(C)C)cc5c6cc7c(cc6n(c3c2)c45)c2cc(C(C)(C)C)cc3c4cc(C(C)(C)C)ccc4n7c32)c2cccc3c4c(oc23)C(C)CC=C4)cc1. The number of benzene rings is 7. The average Bonchev–Trinajstić information content (AvgIpc) is 4.09. The first kappa shape index (κ1) is 41.4. The number of rotatable bonds is 4.